The summed E-state index contributed by atoms with van der Waals surface area (Å²) in [7, 11) is 1.23. The number of fused-ring (bicyclic) bond motifs is 1. The monoisotopic (exact) mass is 440 g/mol. The second-order valence-corrected chi connectivity index (χ2v) is 8.31. The maximum absolute atomic E-state index is 13.3. The van der Waals surface area contributed by atoms with E-state index in [0.29, 0.717) is 11.5 Å². The highest BCUT2D eigenvalue weighted by atomic mass is 19.1. The van der Waals surface area contributed by atoms with Crippen LogP contribution in [0.2, 0.25) is 0 Å². The molecule has 0 bridgehead atoms. The summed E-state index contributed by atoms with van der Waals surface area (Å²) in [6.07, 6.45) is 5.27. The third-order valence-corrected chi connectivity index (χ3v) is 5.97. The van der Waals surface area contributed by atoms with E-state index in [-0.39, 0.29) is 41.2 Å². The fourth-order valence-corrected chi connectivity index (χ4v) is 4.06. The molecule has 8 nitrogen and oxygen atoms in total. The van der Waals surface area contributed by atoms with E-state index in [1.54, 1.807) is 12.1 Å². The van der Waals surface area contributed by atoms with Crippen LogP contribution in [0.4, 0.5) is 4.39 Å². The number of hydrogen-bond donors (Lipinski definition) is 1. The van der Waals surface area contributed by atoms with Crippen molar-refractivity contribution >= 4 is 17.4 Å². The van der Waals surface area contributed by atoms with Gasteiger partial charge in [0.15, 0.2) is 5.69 Å². The van der Waals surface area contributed by atoms with E-state index in [1.165, 1.54) is 40.6 Å². The van der Waals surface area contributed by atoms with E-state index >= 15 is 0 Å². The van der Waals surface area contributed by atoms with Gasteiger partial charge in [-0.1, -0.05) is 19.1 Å². The molecular weight excluding hydrogens is 415 g/mol. The van der Waals surface area contributed by atoms with Crippen LogP contribution >= 0.6 is 0 Å². The van der Waals surface area contributed by atoms with Gasteiger partial charge in [-0.2, -0.15) is 5.10 Å². The smallest absolute Gasteiger partial charge is 0.358 e. The Kier molecular flexibility index (Phi) is 6.07. The molecule has 1 aliphatic rings. The van der Waals surface area contributed by atoms with Gasteiger partial charge in [0.2, 0.25) is 0 Å². The summed E-state index contributed by atoms with van der Waals surface area (Å²) >= 11 is 0. The first-order chi connectivity index (χ1) is 15.4. The van der Waals surface area contributed by atoms with Crippen molar-refractivity contribution in [3.63, 3.8) is 0 Å². The van der Waals surface area contributed by atoms with Crippen molar-refractivity contribution in [3.8, 4) is 0 Å². The zero-order valence-electron chi connectivity index (χ0n) is 18.0. The highest BCUT2D eigenvalue weighted by Gasteiger charge is 2.24. The number of carbonyl (C=O) groups excluding carboxylic acids is 2. The van der Waals surface area contributed by atoms with Crippen LogP contribution in [0.15, 0.2) is 41.3 Å². The number of nitrogens with one attached hydrogen (secondary N) is 1. The van der Waals surface area contributed by atoms with Crippen LogP contribution in [-0.2, 0) is 11.3 Å². The summed E-state index contributed by atoms with van der Waals surface area (Å²) < 4.78 is 20.6. The minimum absolute atomic E-state index is 0.0308. The summed E-state index contributed by atoms with van der Waals surface area (Å²) in [6, 6.07) is 7.09. The first-order valence-corrected chi connectivity index (χ1v) is 10.6. The van der Waals surface area contributed by atoms with Crippen molar-refractivity contribution in [1.82, 2.24) is 19.5 Å². The third kappa shape index (κ3) is 4.42. The molecule has 0 spiro atoms. The van der Waals surface area contributed by atoms with Gasteiger partial charge in [0, 0.05) is 12.1 Å². The lowest BCUT2D eigenvalue weighted by atomic mass is 9.87. The number of amides is 1. The molecule has 1 N–H and O–H groups in total. The number of rotatable bonds is 5. The van der Waals surface area contributed by atoms with Crippen molar-refractivity contribution in [2.45, 2.75) is 45.2 Å². The molecule has 0 unspecified atom stereocenters. The minimum Gasteiger partial charge on any atom is -0.464 e. The Labute approximate surface area is 184 Å². The number of methoxy groups -OCH3 is 1. The summed E-state index contributed by atoms with van der Waals surface area (Å²) in [6.45, 7) is 2.27. The second-order valence-electron chi connectivity index (χ2n) is 8.31. The summed E-state index contributed by atoms with van der Waals surface area (Å²) in [5.41, 5.74) is 0.394. The Bertz CT molecular complexity index is 1210. The van der Waals surface area contributed by atoms with Gasteiger partial charge in [-0.3, -0.25) is 14.2 Å². The van der Waals surface area contributed by atoms with Crippen LogP contribution in [0.1, 0.15) is 59.1 Å². The van der Waals surface area contributed by atoms with Crippen molar-refractivity contribution in [2.24, 2.45) is 5.92 Å². The molecule has 2 heterocycles. The van der Waals surface area contributed by atoms with Crippen LogP contribution in [-0.4, -0.2) is 39.2 Å². The van der Waals surface area contributed by atoms with Gasteiger partial charge >= 0.3 is 5.97 Å². The zero-order chi connectivity index (χ0) is 22.8. The average molecular weight is 440 g/mol. The fraction of sp³-hybridized carbons (Fsp3) is 0.391. The molecule has 2 aromatic heterocycles. The van der Waals surface area contributed by atoms with Gasteiger partial charge in [-0.25, -0.2) is 13.7 Å². The molecule has 1 fully saturated rings. The van der Waals surface area contributed by atoms with E-state index in [9.17, 15) is 18.8 Å². The van der Waals surface area contributed by atoms with Crippen LogP contribution in [0.25, 0.3) is 5.52 Å². The molecule has 32 heavy (non-hydrogen) atoms. The van der Waals surface area contributed by atoms with E-state index < -0.39 is 11.5 Å². The number of carbonyl (C=O) groups is 2. The van der Waals surface area contributed by atoms with Crippen molar-refractivity contribution in [3.05, 3.63) is 69.7 Å². The summed E-state index contributed by atoms with van der Waals surface area (Å²) in [5, 5.41) is 7.14. The van der Waals surface area contributed by atoms with Crippen LogP contribution in [0, 0.1) is 11.7 Å². The van der Waals surface area contributed by atoms with Crippen LogP contribution in [0.5, 0.6) is 0 Å². The van der Waals surface area contributed by atoms with Crippen molar-refractivity contribution < 1.29 is 18.7 Å². The number of benzene rings is 1. The highest BCUT2D eigenvalue weighted by molar-refractivity contribution is 5.93. The molecule has 1 aliphatic carbocycles. The average Bonchev–Trinajstić information content (AvgIpc) is 3.22. The molecule has 1 saturated carbocycles. The Morgan fingerprint density at radius 3 is 2.53 bits per heavy atom. The Balaban J connectivity index is 1.75. The number of halogens is 1. The number of nitrogens with zero attached hydrogens (tertiary/aromatic N) is 3. The lowest BCUT2D eigenvalue weighted by Crippen LogP contribution is -2.40. The Hall–Kier alpha value is -3.49. The Morgan fingerprint density at radius 1 is 1.19 bits per heavy atom. The first kappa shape index (κ1) is 21.7. The normalized spacial score (nSPS) is 18.5. The summed E-state index contributed by atoms with van der Waals surface area (Å²) in [5.74, 6) is -0.821. The Morgan fingerprint density at radius 2 is 1.88 bits per heavy atom. The number of aromatic nitrogens is 3. The molecule has 1 aromatic carbocycles. The van der Waals surface area contributed by atoms with E-state index in [2.05, 4.69) is 17.3 Å². The van der Waals surface area contributed by atoms with E-state index in [1.807, 2.05) is 0 Å². The predicted molar refractivity (Wildman–Crippen MR) is 115 cm³/mol. The molecule has 9 heteroatoms. The minimum atomic E-state index is -0.680. The standard InChI is InChI=1S/C23H25FN4O4/c1-14-3-9-17(10-4-14)25-21(29)20-13-28-19(11-18(26-28)23(31)32-2)22(30)27(20)12-15-5-7-16(24)8-6-15/h5-8,11,13-14,17H,3-4,9-10,12H2,1-2H3,(H,25,29). The fourth-order valence-electron chi connectivity index (χ4n) is 4.06. The number of ether oxygens (including phenoxy) is 1. The highest BCUT2D eigenvalue weighted by Crippen LogP contribution is 2.23. The second kappa shape index (κ2) is 8.94. The van der Waals surface area contributed by atoms with Crippen molar-refractivity contribution in [2.75, 3.05) is 7.11 Å². The quantitative estimate of drug-likeness (QED) is 0.616. The maximum Gasteiger partial charge on any atom is 0.358 e. The van der Waals surface area contributed by atoms with E-state index in [0.717, 1.165) is 25.7 Å². The topological polar surface area (TPSA) is 94.7 Å². The number of esters is 1. The van der Waals surface area contributed by atoms with Gasteiger partial charge in [0.05, 0.1) is 19.9 Å². The van der Waals surface area contributed by atoms with Gasteiger partial charge in [-0.15, -0.1) is 0 Å². The summed E-state index contributed by atoms with van der Waals surface area (Å²) in [4.78, 5) is 38.4. The van der Waals surface area contributed by atoms with E-state index in [4.69, 9.17) is 4.74 Å². The molecule has 0 radical (unpaired) electrons. The molecule has 0 aliphatic heterocycles. The number of hydrogen-bond acceptors (Lipinski definition) is 5. The molecule has 1 amide bonds. The first-order valence-electron chi connectivity index (χ1n) is 10.6. The largest absolute Gasteiger partial charge is 0.464 e. The molecular formula is C23H25FN4O4. The molecule has 4 rings (SSSR count). The van der Waals surface area contributed by atoms with Crippen LogP contribution < -0.4 is 10.9 Å². The van der Waals surface area contributed by atoms with Gasteiger partial charge in [0.25, 0.3) is 11.5 Å². The van der Waals surface area contributed by atoms with Gasteiger partial charge in [0.1, 0.15) is 17.0 Å². The SMILES string of the molecule is COC(=O)c1cc2c(=O)n(Cc3ccc(F)cc3)c(C(=O)NC3CCC(C)CC3)cn2n1. The zero-order valence-corrected chi connectivity index (χ0v) is 18.0. The lowest BCUT2D eigenvalue weighted by Gasteiger charge is -2.27. The third-order valence-electron chi connectivity index (χ3n) is 5.97. The van der Waals surface area contributed by atoms with Crippen molar-refractivity contribution in [1.29, 1.82) is 0 Å². The van der Waals surface area contributed by atoms with Gasteiger partial charge in [-0.05, 0) is 49.3 Å². The maximum atomic E-state index is 13.3. The van der Waals surface area contributed by atoms with Gasteiger partial charge < -0.3 is 10.1 Å². The molecule has 3 aromatic rings. The molecule has 0 saturated heterocycles. The molecule has 168 valence electrons. The molecule has 0 atom stereocenters. The lowest BCUT2D eigenvalue weighted by molar-refractivity contribution is 0.0593. The van der Waals surface area contributed by atoms with Crippen LogP contribution in [0.3, 0.4) is 0 Å². The predicted octanol–water partition coefficient (Wildman–Crippen LogP) is 2.78.